The van der Waals surface area contributed by atoms with Gasteiger partial charge in [-0.05, 0) is 31.5 Å². The molecule has 1 aromatic carbocycles. The summed E-state index contributed by atoms with van der Waals surface area (Å²) in [6.07, 6.45) is 1.05. The summed E-state index contributed by atoms with van der Waals surface area (Å²) < 4.78 is 32.4. The molecule has 2 rings (SSSR count). The Balaban J connectivity index is 1.87. The molecule has 2 unspecified atom stereocenters. The Morgan fingerprint density at radius 1 is 1.24 bits per heavy atom. The molecular formula is C15H24N2O3S. The Labute approximate surface area is 127 Å². The van der Waals surface area contributed by atoms with Crippen molar-refractivity contribution in [2.24, 2.45) is 5.92 Å². The fourth-order valence-electron chi connectivity index (χ4n) is 2.51. The van der Waals surface area contributed by atoms with Gasteiger partial charge in [-0.2, -0.15) is 0 Å². The predicted molar refractivity (Wildman–Crippen MR) is 83.4 cm³/mol. The third kappa shape index (κ3) is 5.07. The van der Waals surface area contributed by atoms with E-state index in [0.29, 0.717) is 6.54 Å². The summed E-state index contributed by atoms with van der Waals surface area (Å²) in [7, 11) is -1.41. The summed E-state index contributed by atoms with van der Waals surface area (Å²) in [6.45, 7) is 3.96. The minimum atomic E-state index is -3.29. The summed E-state index contributed by atoms with van der Waals surface area (Å²) in [5.74, 6) is 0.298. The molecule has 21 heavy (non-hydrogen) atoms. The molecule has 1 saturated heterocycles. The molecule has 1 fully saturated rings. The molecule has 0 radical (unpaired) electrons. The maximum atomic E-state index is 12.1. The summed E-state index contributed by atoms with van der Waals surface area (Å²) >= 11 is 0. The Morgan fingerprint density at radius 2 is 1.90 bits per heavy atom. The van der Waals surface area contributed by atoms with Crippen LogP contribution in [0.25, 0.3) is 0 Å². The fraction of sp³-hybridized carbons (Fsp3) is 0.600. The molecule has 1 aliphatic rings. The third-order valence-electron chi connectivity index (χ3n) is 3.86. The second-order valence-corrected chi connectivity index (χ2v) is 7.39. The zero-order valence-corrected chi connectivity index (χ0v) is 13.4. The van der Waals surface area contributed by atoms with Gasteiger partial charge in [-0.1, -0.05) is 24.3 Å². The average molecular weight is 312 g/mol. The molecule has 0 amide bonds. The van der Waals surface area contributed by atoms with Crippen molar-refractivity contribution in [1.82, 2.24) is 10.0 Å². The number of sulfonamides is 1. The maximum absolute atomic E-state index is 12.1. The molecule has 5 nitrogen and oxygen atoms in total. The molecule has 2 atom stereocenters. The predicted octanol–water partition coefficient (Wildman–Crippen LogP) is 1.25. The van der Waals surface area contributed by atoms with Gasteiger partial charge in [0.25, 0.3) is 0 Å². The van der Waals surface area contributed by atoms with Crippen LogP contribution in [0.3, 0.4) is 0 Å². The highest BCUT2D eigenvalue weighted by Crippen LogP contribution is 2.19. The largest absolute Gasteiger partial charge is 0.378 e. The highest BCUT2D eigenvalue weighted by molar-refractivity contribution is 7.88. The zero-order chi connectivity index (χ0) is 15.3. The quantitative estimate of drug-likeness (QED) is 0.795. The van der Waals surface area contributed by atoms with Gasteiger partial charge < -0.3 is 10.1 Å². The van der Waals surface area contributed by atoms with Gasteiger partial charge in [0, 0.05) is 25.6 Å². The molecule has 0 aromatic heterocycles. The Hall–Kier alpha value is -0.950. The van der Waals surface area contributed by atoms with E-state index in [9.17, 15) is 8.42 Å². The second-order valence-electron chi connectivity index (χ2n) is 5.58. The molecule has 0 saturated carbocycles. The maximum Gasteiger partial charge on any atom is 0.215 e. The van der Waals surface area contributed by atoms with Crippen molar-refractivity contribution in [2.45, 2.75) is 31.7 Å². The van der Waals surface area contributed by atoms with Gasteiger partial charge in [-0.25, -0.2) is 13.1 Å². The van der Waals surface area contributed by atoms with E-state index < -0.39 is 10.0 Å². The van der Waals surface area contributed by atoms with Crippen LogP contribution in [0, 0.1) is 5.92 Å². The van der Waals surface area contributed by atoms with Crippen LogP contribution >= 0.6 is 0 Å². The van der Waals surface area contributed by atoms with Crippen LogP contribution in [0.2, 0.25) is 0 Å². The van der Waals surface area contributed by atoms with Crippen molar-refractivity contribution in [3.8, 4) is 0 Å². The summed E-state index contributed by atoms with van der Waals surface area (Å²) in [4.78, 5) is 0. The number of nitrogens with one attached hydrogen (secondary N) is 2. The molecule has 0 spiro atoms. The van der Waals surface area contributed by atoms with E-state index >= 15 is 0 Å². The van der Waals surface area contributed by atoms with Crippen LogP contribution in [0.1, 0.15) is 24.5 Å². The van der Waals surface area contributed by atoms with E-state index in [4.69, 9.17) is 4.74 Å². The zero-order valence-electron chi connectivity index (χ0n) is 12.6. The van der Waals surface area contributed by atoms with E-state index in [2.05, 4.69) is 10.0 Å². The SMILES string of the molecule is CNCc1ccc(CS(=O)(=O)NCC2CCOC2C)cc1. The molecule has 1 aliphatic heterocycles. The van der Waals surface area contributed by atoms with Crippen LogP contribution in [-0.4, -0.2) is 34.7 Å². The van der Waals surface area contributed by atoms with Crippen molar-refractivity contribution >= 4 is 10.0 Å². The Kier molecular flexibility index (Phi) is 5.75. The van der Waals surface area contributed by atoms with E-state index in [1.54, 1.807) is 0 Å². The molecular weight excluding hydrogens is 288 g/mol. The lowest BCUT2D eigenvalue weighted by molar-refractivity contribution is 0.107. The summed E-state index contributed by atoms with van der Waals surface area (Å²) in [5, 5.41) is 3.06. The van der Waals surface area contributed by atoms with Crippen molar-refractivity contribution in [3.05, 3.63) is 35.4 Å². The number of hydrogen-bond donors (Lipinski definition) is 2. The van der Waals surface area contributed by atoms with Crippen LogP contribution in [0.15, 0.2) is 24.3 Å². The van der Waals surface area contributed by atoms with Gasteiger partial charge in [-0.3, -0.25) is 0 Å². The van der Waals surface area contributed by atoms with Gasteiger partial charge in [0.1, 0.15) is 0 Å². The lowest BCUT2D eigenvalue weighted by atomic mass is 10.0. The van der Waals surface area contributed by atoms with Crippen LogP contribution < -0.4 is 10.0 Å². The van der Waals surface area contributed by atoms with Gasteiger partial charge in [-0.15, -0.1) is 0 Å². The van der Waals surface area contributed by atoms with Crippen molar-refractivity contribution < 1.29 is 13.2 Å². The highest BCUT2D eigenvalue weighted by atomic mass is 32.2. The molecule has 0 aliphatic carbocycles. The lowest BCUT2D eigenvalue weighted by Crippen LogP contribution is -2.32. The van der Waals surface area contributed by atoms with Gasteiger partial charge in [0.05, 0.1) is 11.9 Å². The van der Waals surface area contributed by atoms with Crippen molar-refractivity contribution in [3.63, 3.8) is 0 Å². The first-order chi connectivity index (χ1) is 10.00. The monoisotopic (exact) mass is 312 g/mol. The molecule has 6 heteroatoms. The summed E-state index contributed by atoms with van der Waals surface area (Å²) in [5.41, 5.74) is 1.95. The van der Waals surface area contributed by atoms with E-state index in [1.165, 1.54) is 0 Å². The standard InChI is InChI=1S/C15H24N2O3S/c1-12-15(7-8-20-12)10-17-21(18,19)11-14-5-3-13(4-6-14)9-16-2/h3-6,12,15-17H,7-11H2,1-2H3. The second kappa shape index (κ2) is 7.35. The number of ether oxygens (including phenoxy) is 1. The van der Waals surface area contributed by atoms with E-state index in [0.717, 1.165) is 30.7 Å². The first-order valence-corrected chi connectivity index (χ1v) is 8.97. The first kappa shape index (κ1) is 16.4. The molecule has 1 aromatic rings. The Bertz CT molecular complexity index is 543. The smallest absolute Gasteiger partial charge is 0.215 e. The highest BCUT2D eigenvalue weighted by Gasteiger charge is 2.25. The number of hydrogen-bond acceptors (Lipinski definition) is 4. The molecule has 1 heterocycles. The van der Waals surface area contributed by atoms with Crippen LogP contribution in [0.5, 0.6) is 0 Å². The Morgan fingerprint density at radius 3 is 2.48 bits per heavy atom. The minimum absolute atomic E-state index is 0.0226. The summed E-state index contributed by atoms with van der Waals surface area (Å²) in [6, 6.07) is 7.64. The van der Waals surface area contributed by atoms with Gasteiger partial charge in [0.2, 0.25) is 10.0 Å². The van der Waals surface area contributed by atoms with Crippen molar-refractivity contribution in [2.75, 3.05) is 20.2 Å². The number of rotatable bonds is 7. The van der Waals surface area contributed by atoms with Gasteiger partial charge in [0.15, 0.2) is 0 Å². The minimum Gasteiger partial charge on any atom is -0.378 e. The fourth-order valence-corrected chi connectivity index (χ4v) is 3.71. The first-order valence-electron chi connectivity index (χ1n) is 7.31. The normalized spacial score (nSPS) is 22.6. The molecule has 2 N–H and O–H groups in total. The van der Waals surface area contributed by atoms with Crippen LogP contribution in [0.4, 0.5) is 0 Å². The van der Waals surface area contributed by atoms with E-state index in [1.807, 2.05) is 38.2 Å². The van der Waals surface area contributed by atoms with Crippen LogP contribution in [-0.2, 0) is 27.1 Å². The third-order valence-corrected chi connectivity index (χ3v) is 5.18. The van der Waals surface area contributed by atoms with Crippen molar-refractivity contribution in [1.29, 1.82) is 0 Å². The molecule has 118 valence electrons. The average Bonchev–Trinajstić information content (AvgIpc) is 2.84. The van der Waals surface area contributed by atoms with E-state index in [-0.39, 0.29) is 17.8 Å². The topological polar surface area (TPSA) is 67.4 Å². The number of benzene rings is 1. The van der Waals surface area contributed by atoms with Gasteiger partial charge >= 0.3 is 0 Å². The lowest BCUT2D eigenvalue weighted by Gasteiger charge is -2.15. The molecule has 0 bridgehead atoms.